The van der Waals surface area contributed by atoms with Crippen LogP contribution in [0.4, 0.5) is 0 Å². The van der Waals surface area contributed by atoms with Gasteiger partial charge in [-0.1, -0.05) is 34.3 Å². The smallest absolute Gasteiger partial charge is 0.242 e. The molecule has 5 nitrogen and oxygen atoms in total. The van der Waals surface area contributed by atoms with Gasteiger partial charge < -0.3 is 16.0 Å². The standard InChI is InChI=1S/C13H25N3O2/c1-8(2)11(15-7-17)10(5)16-12(9(3)4)13(18)14-6/h7-9,11-12,16H,5H2,1-4,6H3,(H,14,18)(H,15,17). The molecular weight excluding hydrogens is 230 g/mol. The van der Waals surface area contributed by atoms with E-state index in [1.54, 1.807) is 7.05 Å². The topological polar surface area (TPSA) is 70.2 Å². The Kier molecular flexibility index (Phi) is 7.08. The molecule has 2 unspecified atom stereocenters. The maximum absolute atomic E-state index is 11.7. The van der Waals surface area contributed by atoms with Crippen LogP contribution in [-0.4, -0.2) is 31.4 Å². The van der Waals surface area contributed by atoms with Crippen molar-refractivity contribution in [3.05, 3.63) is 12.3 Å². The van der Waals surface area contributed by atoms with Gasteiger partial charge in [-0.3, -0.25) is 9.59 Å². The molecule has 18 heavy (non-hydrogen) atoms. The number of amides is 2. The molecule has 0 saturated carbocycles. The van der Waals surface area contributed by atoms with E-state index < -0.39 is 0 Å². The zero-order valence-corrected chi connectivity index (χ0v) is 11.9. The minimum Gasteiger partial charge on any atom is -0.376 e. The molecule has 0 fully saturated rings. The van der Waals surface area contributed by atoms with Gasteiger partial charge in [0, 0.05) is 12.7 Å². The highest BCUT2D eigenvalue weighted by Gasteiger charge is 2.24. The van der Waals surface area contributed by atoms with Gasteiger partial charge in [-0.25, -0.2) is 0 Å². The summed E-state index contributed by atoms with van der Waals surface area (Å²) < 4.78 is 0. The van der Waals surface area contributed by atoms with Crippen molar-refractivity contribution in [2.75, 3.05) is 7.05 Å². The van der Waals surface area contributed by atoms with E-state index in [4.69, 9.17) is 0 Å². The largest absolute Gasteiger partial charge is 0.376 e. The molecule has 0 saturated heterocycles. The molecular formula is C13H25N3O2. The van der Waals surface area contributed by atoms with E-state index in [0.717, 1.165) is 0 Å². The Balaban J connectivity index is 4.76. The van der Waals surface area contributed by atoms with Gasteiger partial charge in [-0.15, -0.1) is 0 Å². The van der Waals surface area contributed by atoms with E-state index in [9.17, 15) is 9.59 Å². The lowest BCUT2D eigenvalue weighted by molar-refractivity contribution is -0.123. The monoisotopic (exact) mass is 255 g/mol. The first kappa shape index (κ1) is 16.5. The van der Waals surface area contributed by atoms with E-state index in [1.807, 2.05) is 27.7 Å². The van der Waals surface area contributed by atoms with Crippen molar-refractivity contribution in [1.29, 1.82) is 0 Å². The van der Waals surface area contributed by atoms with Crippen LogP contribution in [0, 0.1) is 11.8 Å². The molecule has 0 aromatic rings. The Morgan fingerprint density at radius 2 is 1.61 bits per heavy atom. The molecule has 0 aliphatic rings. The Morgan fingerprint density at radius 3 is 1.94 bits per heavy atom. The van der Waals surface area contributed by atoms with E-state index in [-0.39, 0.29) is 29.8 Å². The van der Waals surface area contributed by atoms with Crippen LogP contribution in [0.15, 0.2) is 12.3 Å². The van der Waals surface area contributed by atoms with Gasteiger partial charge in [0.2, 0.25) is 12.3 Å². The van der Waals surface area contributed by atoms with Crippen molar-refractivity contribution in [3.8, 4) is 0 Å². The SMILES string of the molecule is C=C(NC(C(=O)NC)C(C)C)C(NC=O)C(C)C. The van der Waals surface area contributed by atoms with Crippen LogP contribution in [0.2, 0.25) is 0 Å². The summed E-state index contributed by atoms with van der Waals surface area (Å²) in [7, 11) is 1.60. The number of likely N-dealkylation sites (N-methyl/N-ethyl adjacent to an activating group) is 1. The van der Waals surface area contributed by atoms with Gasteiger partial charge in [-0.2, -0.15) is 0 Å². The summed E-state index contributed by atoms with van der Waals surface area (Å²) in [4.78, 5) is 22.3. The average molecular weight is 255 g/mol. The summed E-state index contributed by atoms with van der Waals surface area (Å²) in [5, 5.41) is 8.43. The lowest BCUT2D eigenvalue weighted by Gasteiger charge is -2.29. The molecule has 0 aliphatic carbocycles. The Labute approximate surface area is 109 Å². The van der Waals surface area contributed by atoms with Gasteiger partial charge in [0.25, 0.3) is 0 Å². The van der Waals surface area contributed by atoms with Crippen molar-refractivity contribution in [2.24, 2.45) is 11.8 Å². The van der Waals surface area contributed by atoms with Gasteiger partial charge in [0.05, 0.1) is 6.04 Å². The first-order valence-corrected chi connectivity index (χ1v) is 6.21. The van der Waals surface area contributed by atoms with Crippen molar-refractivity contribution in [2.45, 2.75) is 39.8 Å². The summed E-state index contributed by atoms with van der Waals surface area (Å²) in [5.74, 6) is 0.248. The number of carbonyl (C=O) groups is 2. The van der Waals surface area contributed by atoms with Crippen LogP contribution in [-0.2, 0) is 9.59 Å². The number of nitrogens with one attached hydrogen (secondary N) is 3. The van der Waals surface area contributed by atoms with Gasteiger partial charge >= 0.3 is 0 Å². The second kappa shape index (κ2) is 7.74. The molecule has 2 atom stereocenters. The van der Waals surface area contributed by atoms with Gasteiger partial charge in [0.1, 0.15) is 6.04 Å². The predicted octanol–water partition coefficient (Wildman–Crippen LogP) is 0.631. The molecule has 5 heteroatoms. The zero-order valence-electron chi connectivity index (χ0n) is 11.9. The van der Waals surface area contributed by atoms with Crippen molar-refractivity contribution in [1.82, 2.24) is 16.0 Å². The van der Waals surface area contributed by atoms with E-state index in [1.165, 1.54) is 0 Å². The molecule has 0 radical (unpaired) electrons. The number of rotatable bonds is 8. The maximum Gasteiger partial charge on any atom is 0.242 e. The van der Waals surface area contributed by atoms with Gasteiger partial charge in [0.15, 0.2) is 0 Å². The van der Waals surface area contributed by atoms with Crippen molar-refractivity contribution < 1.29 is 9.59 Å². The molecule has 104 valence electrons. The van der Waals surface area contributed by atoms with Gasteiger partial charge in [-0.05, 0) is 11.8 Å². The Morgan fingerprint density at radius 1 is 1.11 bits per heavy atom. The molecule has 2 amide bonds. The highest BCUT2D eigenvalue weighted by atomic mass is 16.2. The summed E-state index contributed by atoms with van der Waals surface area (Å²) in [6.45, 7) is 11.8. The van der Waals surface area contributed by atoms with E-state index in [2.05, 4.69) is 22.5 Å². The maximum atomic E-state index is 11.7. The lowest BCUT2D eigenvalue weighted by atomic mass is 9.98. The molecule has 0 aromatic heterocycles. The molecule has 0 spiro atoms. The normalized spacial score (nSPS) is 13.9. The summed E-state index contributed by atoms with van der Waals surface area (Å²) >= 11 is 0. The fourth-order valence-electron chi connectivity index (χ4n) is 1.75. The fraction of sp³-hybridized carbons (Fsp3) is 0.692. The van der Waals surface area contributed by atoms with Crippen LogP contribution in [0.5, 0.6) is 0 Å². The van der Waals surface area contributed by atoms with E-state index >= 15 is 0 Å². The zero-order chi connectivity index (χ0) is 14.3. The van der Waals surface area contributed by atoms with Crippen LogP contribution in [0.25, 0.3) is 0 Å². The average Bonchev–Trinajstić information content (AvgIpc) is 2.30. The highest BCUT2D eigenvalue weighted by molar-refractivity contribution is 5.82. The summed E-state index contributed by atoms with van der Waals surface area (Å²) in [5.41, 5.74) is 0.652. The minimum atomic E-state index is -0.350. The van der Waals surface area contributed by atoms with E-state index in [0.29, 0.717) is 12.1 Å². The molecule has 0 aromatic carbocycles. The third-order valence-electron chi connectivity index (χ3n) is 2.83. The fourth-order valence-corrected chi connectivity index (χ4v) is 1.75. The number of hydrogen-bond acceptors (Lipinski definition) is 3. The quantitative estimate of drug-likeness (QED) is 0.557. The molecule has 0 heterocycles. The Hall–Kier alpha value is -1.52. The Bertz CT molecular complexity index is 301. The third kappa shape index (κ3) is 4.77. The van der Waals surface area contributed by atoms with Crippen molar-refractivity contribution in [3.63, 3.8) is 0 Å². The van der Waals surface area contributed by atoms with Crippen LogP contribution >= 0.6 is 0 Å². The summed E-state index contributed by atoms with van der Waals surface area (Å²) in [6.07, 6.45) is 0.655. The van der Waals surface area contributed by atoms with Crippen LogP contribution < -0.4 is 16.0 Å². The van der Waals surface area contributed by atoms with Crippen LogP contribution in [0.1, 0.15) is 27.7 Å². The first-order valence-electron chi connectivity index (χ1n) is 6.21. The molecule has 0 rings (SSSR count). The lowest BCUT2D eigenvalue weighted by Crippen LogP contribution is -2.50. The number of hydrogen-bond donors (Lipinski definition) is 3. The third-order valence-corrected chi connectivity index (χ3v) is 2.83. The molecule has 3 N–H and O–H groups in total. The highest BCUT2D eigenvalue weighted by Crippen LogP contribution is 2.11. The minimum absolute atomic E-state index is 0.0836. The molecule has 0 bridgehead atoms. The van der Waals surface area contributed by atoms with Crippen molar-refractivity contribution >= 4 is 12.3 Å². The van der Waals surface area contributed by atoms with Crippen LogP contribution in [0.3, 0.4) is 0 Å². The second-order valence-electron chi connectivity index (χ2n) is 5.01. The molecule has 0 aliphatic heterocycles. The first-order chi connectivity index (χ1) is 8.34. The predicted molar refractivity (Wildman–Crippen MR) is 72.8 cm³/mol. The summed E-state index contributed by atoms with van der Waals surface area (Å²) in [6, 6.07) is -0.536. The second-order valence-corrected chi connectivity index (χ2v) is 5.01. The number of carbonyl (C=O) groups excluding carboxylic acids is 2.